The first-order valence-corrected chi connectivity index (χ1v) is 13.6. The van der Waals surface area contributed by atoms with Gasteiger partial charge >= 0.3 is 6.03 Å². The zero-order chi connectivity index (χ0) is 24.6. The number of thioether (sulfide) groups is 1. The minimum Gasteiger partial charge on any atom is -0.490 e. The summed E-state index contributed by atoms with van der Waals surface area (Å²) in [6, 6.07) is 7.15. The summed E-state index contributed by atoms with van der Waals surface area (Å²) in [5, 5.41) is 9.95. The molecule has 2 aromatic rings. The van der Waals surface area contributed by atoms with Crippen molar-refractivity contribution in [2.75, 3.05) is 31.2 Å². The number of nitrogens with zero attached hydrogens (tertiary/aromatic N) is 2. The maximum absolute atomic E-state index is 13.5. The molecule has 36 heavy (non-hydrogen) atoms. The number of pyridine rings is 1. The molecular weight excluding hydrogens is 478 g/mol. The minimum atomic E-state index is -0.446. The van der Waals surface area contributed by atoms with E-state index in [9.17, 15) is 9.59 Å². The largest absolute Gasteiger partial charge is 0.490 e. The first-order valence-electron chi connectivity index (χ1n) is 12.7. The topological polar surface area (TPSA) is 105 Å². The Bertz CT molecular complexity index is 1170. The van der Waals surface area contributed by atoms with Crippen LogP contribution in [0.4, 0.5) is 16.2 Å². The second-order valence-corrected chi connectivity index (χ2v) is 10.9. The van der Waals surface area contributed by atoms with Crippen molar-refractivity contribution < 1.29 is 19.1 Å². The zero-order valence-electron chi connectivity index (χ0n) is 20.3. The molecule has 0 saturated carbocycles. The molecule has 3 N–H and O–H groups in total. The van der Waals surface area contributed by atoms with Crippen LogP contribution in [0.2, 0.25) is 0 Å². The number of urea groups is 1. The van der Waals surface area contributed by atoms with E-state index >= 15 is 0 Å². The predicted molar refractivity (Wildman–Crippen MR) is 137 cm³/mol. The molecule has 0 aliphatic carbocycles. The molecule has 2 fully saturated rings. The second-order valence-electron chi connectivity index (χ2n) is 9.78. The molecule has 1 aromatic heterocycles. The maximum atomic E-state index is 13.5. The average Bonchev–Trinajstić information content (AvgIpc) is 3.26. The number of rotatable bonds is 5. The molecular formula is C26H31N5O4S. The van der Waals surface area contributed by atoms with Crippen LogP contribution < -0.4 is 25.6 Å². The molecule has 0 bridgehead atoms. The highest BCUT2D eigenvalue weighted by Crippen LogP contribution is 2.51. The molecule has 2 saturated heterocycles. The van der Waals surface area contributed by atoms with Crippen molar-refractivity contribution in [3.8, 4) is 5.75 Å². The van der Waals surface area contributed by atoms with E-state index in [0.717, 1.165) is 85.3 Å². The molecule has 1 aromatic carbocycles. The van der Waals surface area contributed by atoms with Crippen LogP contribution >= 0.6 is 11.8 Å². The van der Waals surface area contributed by atoms with Gasteiger partial charge in [-0.05, 0) is 56.1 Å². The molecule has 0 radical (unpaired) electrons. The standard InChI is InChI=1S/C26H31N5O4S/c1-15-13-18(35-17-7-11-34-12-8-17)4-5-19(15)31-20-6-10-28-25-21(20)22(30-26(31)33)23(36-25)24(32)29-16-3-2-9-27-14-16/h4-6,10,13,16-17,22-23,27H,2-3,7-9,11-12,14H2,1H3,(H,29,32)(H,30,33)/t16?,22?,23-/m1/s1. The van der Waals surface area contributed by atoms with Crippen molar-refractivity contribution in [1.82, 2.24) is 20.9 Å². The number of carbonyl (C=O) groups excluding carboxylic acids is 2. The van der Waals surface area contributed by atoms with Crippen LogP contribution in [0.25, 0.3) is 0 Å². The van der Waals surface area contributed by atoms with Gasteiger partial charge in [0.1, 0.15) is 22.1 Å². The number of benzene rings is 1. The normalized spacial score (nSPS) is 25.8. The first-order chi connectivity index (χ1) is 17.6. The van der Waals surface area contributed by atoms with Gasteiger partial charge in [-0.3, -0.25) is 9.69 Å². The molecule has 10 heteroatoms. The Hall–Kier alpha value is -2.82. The Morgan fingerprint density at radius 3 is 2.86 bits per heavy atom. The molecule has 0 spiro atoms. The van der Waals surface area contributed by atoms with Crippen molar-refractivity contribution in [3.63, 3.8) is 0 Å². The molecule has 2 unspecified atom stereocenters. The summed E-state index contributed by atoms with van der Waals surface area (Å²) in [6.07, 6.45) is 5.63. The predicted octanol–water partition coefficient (Wildman–Crippen LogP) is 3.19. The quantitative estimate of drug-likeness (QED) is 0.569. The number of amides is 3. The van der Waals surface area contributed by atoms with E-state index in [1.807, 2.05) is 31.2 Å². The second kappa shape index (κ2) is 9.91. The molecule has 3 amide bonds. The number of ether oxygens (including phenoxy) is 2. The number of aryl methyl sites for hydroxylation is 1. The number of aromatic nitrogens is 1. The number of anilines is 2. The van der Waals surface area contributed by atoms with Crippen molar-refractivity contribution >= 4 is 35.1 Å². The van der Waals surface area contributed by atoms with Crippen LogP contribution in [0.3, 0.4) is 0 Å². The van der Waals surface area contributed by atoms with Gasteiger partial charge < -0.3 is 25.4 Å². The van der Waals surface area contributed by atoms with E-state index in [4.69, 9.17) is 9.47 Å². The summed E-state index contributed by atoms with van der Waals surface area (Å²) in [5.74, 6) is 0.741. The lowest BCUT2D eigenvalue weighted by molar-refractivity contribution is -0.121. The van der Waals surface area contributed by atoms with E-state index in [2.05, 4.69) is 20.9 Å². The molecule has 3 atom stereocenters. The fourth-order valence-corrected chi connectivity index (χ4v) is 6.70. The summed E-state index contributed by atoms with van der Waals surface area (Å²) >= 11 is 1.43. The Morgan fingerprint density at radius 2 is 2.08 bits per heavy atom. The van der Waals surface area contributed by atoms with Gasteiger partial charge in [0.25, 0.3) is 0 Å². The maximum Gasteiger partial charge on any atom is 0.327 e. The van der Waals surface area contributed by atoms with Gasteiger partial charge in [-0.25, -0.2) is 9.78 Å². The Balaban J connectivity index is 1.25. The van der Waals surface area contributed by atoms with Crippen molar-refractivity contribution in [3.05, 3.63) is 41.6 Å². The Morgan fingerprint density at radius 1 is 1.22 bits per heavy atom. The molecule has 9 nitrogen and oxygen atoms in total. The van der Waals surface area contributed by atoms with Crippen LogP contribution in [0.5, 0.6) is 5.75 Å². The average molecular weight is 510 g/mol. The lowest BCUT2D eigenvalue weighted by Gasteiger charge is -2.35. The fraction of sp³-hybridized carbons (Fsp3) is 0.500. The van der Waals surface area contributed by atoms with Crippen molar-refractivity contribution in [2.24, 2.45) is 0 Å². The third kappa shape index (κ3) is 4.42. The Kier molecular flexibility index (Phi) is 6.49. The summed E-state index contributed by atoms with van der Waals surface area (Å²) in [7, 11) is 0. The highest BCUT2D eigenvalue weighted by Gasteiger charge is 2.47. The smallest absolute Gasteiger partial charge is 0.327 e. The molecule has 6 rings (SSSR count). The van der Waals surface area contributed by atoms with Crippen LogP contribution in [0.15, 0.2) is 35.5 Å². The van der Waals surface area contributed by atoms with Crippen LogP contribution in [-0.4, -0.2) is 60.6 Å². The Labute approximate surface area is 214 Å². The summed E-state index contributed by atoms with van der Waals surface area (Å²) in [4.78, 5) is 32.9. The number of nitrogens with one attached hydrogen (secondary N) is 3. The fourth-order valence-electron chi connectivity index (χ4n) is 5.46. The van der Waals surface area contributed by atoms with Crippen LogP contribution in [0.1, 0.15) is 42.9 Å². The highest BCUT2D eigenvalue weighted by molar-refractivity contribution is 8.01. The van der Waals surface area contributed by atoms with Gasteiger partial charge in [0.2, 0.25) is 5.91 Å². The van der Waals surface area contributed by atoms with Gasteiger partial charge in [0.05, 0.1) is 30.6 Å². The SMILES string of the molecule is Cc1cc(OC2CCOCC2)ccc1N1C(=O)NC2c3c1ccnc3S[C@H]2C(=O)NC1CCCNC1. The van der Waals surface area contributed by atoms with Gasteiger partial charge in [-0.15, -0.1) is 0 Å². The highest BCUT2D eigenvalue weighted by atomic mass is 32.2. The number of piperidine rings is 1. The van der Waals surface area contributed by atoms with E-state index in [0.29, 0.717) is 0 Å². The number of carbonyl (C=O) groups is 2. The first kappa shape index (κ1) is 23.6. The van der Waals surface area contributed by atoms with E-state index in [1.165, 1.54) is 11.8 Å². The number of hydrogen-bond acceptors (Lipinski definition) is 7. The van der Waals surface area contributed by atoms with Crippen molar-refractivity contribution in [1.29, 1.82) is 0 Å². The van der Waals surface area contributed by atoms with E-state index in [-0.39, 0.29) is 24.1 Å². The third-order valence-electron chi connectivity index (χ3n) is 7.29. The van der Waals surface area contributed by atoms with Gasteiger partial charge in [0, 0.05) is 37.2 Å². The third-order valence-corrected chi connectivity index (χ3v) is 8.58. The minimum absolute atomic E-state index is 0.0535. The summed E-state index contributed by atoms with van der Waals surface area (Å²) in [5.41, 5.74) is 3.40. The number of hydrogen-bond donors (Lipinski definition) is 3. The van der Waals surface area contributed by atoms with Gasteiger partial charge in [-0.2, -0.15) is 0 Å². The van der Waals surface area contributed by atoms with E-state index < -0.39 is 11.3 Å². The lowest BCUT2D eigenvalue weighted by atomic mass is 9.99. The van der Waals surface area contributed by atoms with Gasteiger partial charge in [-0.1, -0.05) is 11.8 Å². The van der Waals surface area contributed by atoms with Crippen LogP contribution in [-0.2, 0) is 9.53 Å². The lowest BCUT2D eigenvalue weighted by Crippen LogP contribution is -2.52. The summed E-state index contributed by atoms with van der Waals surface area (Å²) < 4.78 is 11.6. The van der Waals surface area contributed by atoms with Crippen LogP contribution in [0, 0.1) is 6.92 Å². The monoisotopic (exact) mass is 509 g/mol. The summed E-state index contributed by atoms with van der Waals surface area (Å²) in [6.45, 7) is 5.19. The molecule has 5 heterocycles. The molecule has 4 aliphatic rings. The molecule has 190 valence electrons. The van der Waals surface area contributed by atoms with Gasteiger partial charge in [0.15, 0.2) is 0 Å². The van der Waals surface area contributed by atoms with E-state index in [1.54, 1.807) is 11.1 Å². The zero-order valence-corrected chi connectivity index (χ0v) is 21.1. The molecule has 4 aliphatic heterocycles. The van der Waals surface area contributed by atoms with Crippen molar-refractivity contribution in [2.45, 2.75) is 61.1 Å².